The van der Waals surface area contributed by atoms with E-state index in [1.165, 1.54) is 0 Å². The Kier molecular flexibility index (Phi) is 3.24. The monoisotopic (exact) mass is 224 g/mol. The van der Waals surface area contributed by atoms with Gasteiger partial charge in [0.2, 0.25) is 0 Å². The fraction of sp³-hybridized carbons (Fsp3) is 0.133. The third-order valence-electron chi connectivity index (χ3n) is 2.54. The summed E-state index contributed by atoms with van der Waals surface area (Å²) in [5.74, 6) is -0.0951. The zero-order valence-corrected chi connectivity index (χ0v) is 9.95. The summed E-state index contributed by atoms with van der Waals surface area (Å²) in [7, 11) is 0. The van der Waals surface area contributed by atoms with Gasteiger partial charge < -0.3 is 5.32 Å². The lowest BCUT2D eigenvalue weighted by Gasteiger charge is -2.05. The number of amides is 1. The van der Waals surface area contributed by atoms with Crippen molar-refractivity contribution in [2.45, 2.75) is 13.8 Å². The number of carbonyl (C=O) groups excluding carboxylic acids is 1. The van der Waals surface area contributed by atoms with Crippen LogP contribution in [0.4, 0.5) is 5.69 Å². The van der Waals surface area contributed by atoms with Gasteiger partial charge in [0.25, 0.3) is 5.91 Å². The first kappa shape index (κ1) is 11.4. The van der Waals surface area contributed by atoms with Crippen molar-refractivity contribution in [3.8, 4) is 0 Å². The Bertz CT molecular complexity index is 512. The summed E-state index contributed by atoms with van der Waals surface area (Å²) in [6.07, 6.45) is 0. The van der Waals surface area contributed by atoms with Crippen LogP contribution < -0.4 is 5.32 Å². The van der Waals surface area contributed by atoms with Crippen LogP contribution >= 0.6 is 0 Å². The zero-order valence-electron chi connectivity index (χ0n) is 9.95. The second-order valence-corrected chi connectivity index (χ2v) is 4.08. The Morgan fingerprint density at radius 1 is 1.06 bits per heavy atom. The number of hydrogen-bond donors (Lipinski definition) is 1. The van der Waals surface area contributed by atoms with Crippen molar-refractivity contribution in [2.24, 2.45) is 0 Å². The Morgan fingerprint density at radius 3 is 2.35 bits per heavy atom. The van der Waals surface area contributed by atoms with Crippen LogP contribution in [0.2, 0.25) is 0 Å². The van der Waals surface area contributed by atoms with Gasteiger partial charge in [-0.25, -0.2) is 0 Å². The lowest BCUT2D eigenvalue weighted by molar-refractivity contribution is 0.102. The van der Waals surface area contributed by atoms with E-state index < -0.39 is 0 Å². The van der Waals surface area contributed by atoms with Crippen LogP contribution in [0.15, 0.2) is 42.5 Å². The van der Waals surface area contributed by atoms with Gasteiger partial charge in [0.1, 0.15) is 0 Å². The number of aryl methyl sites for hydroxylation is 2. The van der Waals surface area contributed by atoms with Crippen LogP contribution in [0.1, 0.15) is 21.5 Å². The van der Waals surface area contributed by atoms with E-state index in [1.807, 2.05) is 50.2 Å². The Hall–Kier alpha value is -2.09. The number of benzene rings is 2. The summed E-state index contributed by atoms with van der Waals surface area (Å²) in [6.45, 7) is 3.96. The van der Waals surface area contributed by atoms with Crippen molar-refractivity contribution in [2.75, 3.05) is 5.32 Å². The fourth-order valence-corrected chi connectivity index (χ4v) is 1.49. The lowest BCUT2D eigenvalue weighted by Crippen LogP contribution is -2.11. The largest absolute Gasteiger partial charge is 0.322 e. The van der Waals surface area contributed by atoms with Crippen LogP contribution in [0, 0.1) is 19.9 Å². The molecule has 0 saturated carbocycles. The lowest BCUT2D eigenvalue weighted by atomic mass is 10.1. The van der Waals surface area contributed by atoms with Gasteiger partial charge in [-0.15, -0.1) is 0 Å². The van der Waals surface area contributed by atoms with Gasteiger partial charge >= 0.3 is 0 Å². The highest BCUT2D eigenvalue weighted by Gasteiger charge is 2.04. The number of carbonyl (C=O) groups is 1. The summed E-state index contributed by atoms with van der Waals surface area (Å²) in [4.78, 5) is 11.9. The number of anilines is 1. The molecular formula is C15H14NO. The van der Waals surface area contributed by atoms with Crippen LogP contribution in [0.25, 0.3) is 0 Å². The molecule has 0 heterocycles. The summed E-state index contributed by atoms with van der Waals surface area (Å²) >= 11 is 0. The van der Waals surface area contributed by atoms with Crippen LogP contribution in [-0.2, 0) is 0 Å². The van der Waals surface area contributed by atoms with E-state index in [4.69, 9.17) is 0 Å². The van der Waals surface area contributed by atoms with Crippen molar-refractivity contribution in [3.63, 3.8) is 0 Å². The molecule has 2 aromatic rings. The molecule has 0 aromatic heterocycles. The maximum Gasteiger partial charge on any atom is 0.255 e. The van der Waals surface area contributed by atoms with Gasteiger partial charge in [-0.3, -0.25) is 4.79 Å². The normalized spacial score (nSPS) is 10.0. The molecular weight excluding hydrogens is 210 g/mol. The second kappa shape index (κ2) is 4.83. The topological polar surface area (TPSA) is 29.1 Å². The van der Waals surface area contributed by atoms with Gasteiger partial charge in [0, 0.05) is 11.3 Å². The maximum atomic E-state index is 11.9. The van der Waals surface area contributed by atoms with Gasteiger partial charge in [-0.2, -0.15) is 0 Å². The van der Waals surface area contributed by atoms with Gasteiger partial charge in [-0.1, -0.05) is 23.8 Å². The molecule has 0 aliphatic carbocycles. The summed E-state index contributed by atoms with van der Waals surface area (Å²) in [6, 6.07) is 16.1. The summed E-state index contributed by atoms with van der Waals surface area (Å²) in [5, 5.41) is 2.83. The Morgan fingerprint density at radius 2 is 1.76 bits per heavy atom. The first-order chi connectivity index (χ1) is 8.15. The molecule has 85 valence electrons. The molecule has 1 amide bonds. The third kappa shape index (κ3) is 2.94. The molecule has 0 fully saturated rings. The van der Waals surface area contributed by atoms with Crippen molar-refractivity contribution in [3.05, 3.63) is 65.2 Å². The second-order valence-electron chi connectivity index (χ2n) is 4.08. The van der Waals surface area contributed by atoms with E-state index in [2.05, 4.69) is 11.4 Å². The van der Waals surface area contributed by atoms with E-state index in [0.29, 0.717) is 5.56 Å². The van der Waals surface area contributed by atoms with E-state index in [0.717, 1.165) is 16.8 Å². The molecule has 0 unspecified atom stereocenters. The van der Waals surface area contributed by atoms with Crippen molar-refractivity contribution in [1.82, 2.24) is 0 Å². The standard InChI is InChI=1S/C15H14NO/c1-11-3-7-13(8-4-11)15(17)16-14-9-5-12(2)6-10-14/h3-5,7-10H,1-2H3,(H,16,17). The maximum absolute atomic E-state index is 11.9. The van der Waals surface area contributed by atoms with Crippen LogP contribution in [0.5, 0.6) is 0 Å². The SMILES string of the molecule is Cc1[c]cc(NC(=O)c2ccc(C)cc2)cc1. The van der Waals surface area contributed by atoms with Crippen LogP contribution in [-0.4, -0.2) is 5.91 Å². The quantitative estimate of drug-likeness (QED) is 0.832. The molecule has 17 heavy (non-hydrogen) atoms. The highest BCUT2D eigenvalue weighted by atomic mass is 16.1. The third-order valence-corrected chi connectivity index (χ3v) is 2.54. The molecule has 0 aliphatic heterocycles. The Balaban J connectivity index is 2.11. The molecule has 1 N–H and O–H groups in total. The summed E-state index contributed by atoms with van der Waals surface area (Å²) in [5.41, 5.74) is 3.63. The minimum atomic E-state index is -0.0951. The van der Waals surface area contributed by atoms with Gasteiger partial charge in [0.05, 0.1) is 0 Å². The molecule has 2 heteroatoms. The molecule has 0 saturated heterocycles. The number of rotatable bonds is 2. The number of nitrogens with one attached hydrogen (secondary N) is 1. The minimum Gasteiger partial charge on any atom is -0.322 e. The van der Waals surface area contributed by atoms with E-state index in [9.17, 15) is 4.79 Å². The fourth-order valence-electron chi connectivity index (χ4n) is 1.49. The average Bonchev–Trinajstić information content (AvgIpc) is 2.33. The molecule has 2 aromatic carbocycles. The predicted octanol–water partition coefficient (Wildman–Crippen LogP) is 3.36. The van der Waals surface area contributed by atoms with Gasteiger partial charge in [0.15, 0.2) is 0 Å². The molecule has 2 nitrogen and oxygen atoms in total. The number of hydrogen-bond acceptors (Lipinski definition) is 1. The van der Waals surface area contributed by atoms with Gasteiger partial charge in [-0.05, 0) is 49.7 Å². The van der Waals surface area contributed by atoms with Crippen molar-refractivity contribution >= 4 is 11.6 Å². The molecule has 0 bridgehead atoms. The molecule has 2 rings (SSSR count). The van der Waals surface area contributed by atoms with E-state index >= 15 is 0 Å². The van der Waals surface area contributed by atoms with E-state index in [1.54, 1.807) is 6.07 Å². The van der Waals surface area contributed by atoms with Crippen molar-refractivity contribution < 1.29 is 4.79 Å². The smallest absolute Gasteiger partial charge is 0.255 e. The first-order valence-electron chi connectivity index (χ1n) is 5.51. The minimum absolute atomic E-state index is 0.0951. The average molecular weight is 224 g/mol. The molecule has 0 aliphatic rings. The highest BCUT2D eigenvalue weighted by molar-refractivity contribution is 6.04. The summed E-state index contributed by atoms with van der Waals surface area (Å²) < 4.78 is 0. The van der Waals surface area contributed by atoms with Crippen molar-refractivity contribution in [1.29, 1.82) is 0 Å². The first-order valence-corrected chi connectivity index (χ1v) is 5.51. The predicted molar refractivity (Wildman–Crippen MR) is 69.1 cm³/mol. The van der Waals surface area contributed by atoms with E-state index in [-0.39, 0.29) is 5.91 Å². The molecule has 1 radical (unpaired) electrons. The van der Waals surface area contributed by atoms with Crippen LogP contribution in [0.3, 0.4) is 0 Å². The molecule has 0 atom stereocenters. The highest BCUT2D eigenvalue weighted by Crippen LogP contribution is 2.10. The Labute approximate surface area is 101 Å². The molecule has 0 spiro atoms. The zero-order chi connectivity index (χ0) is 12.3.